The zero-order chi connectivity index (χ0) is 14.2. The summed E-state index contributed by atoms with van der Waals surface area (Å²) in [7, 11) is 0. The molecule has 98 valence electrons. The maximum atomic E-state index is 10.9. The van der Waals surface area contributed by atoms with Crippen molar-refractivity contribution >= 4 is 52.4 Å². The van der Waals surface area contributed by atoms with Crippen molar-refractivity contribution in [3.05, 3.63) is 50.0 Å². The second kappa shape index (κ2) is 5.55. The Kier molecular flexibility index (Phi) is 4.21. The quantitative estimate of drug-likeness (QED) is 0.780. The van der Waals surface area contributed by atoms with Crippen LogP contribution < -0.4 is 0 Å². The van der Waals surface area contributed by atoms with Crippen LogP contribution in [0.4, 0.5) is 0 Å². The average Bonchev–Trinajstić information content (AvgIpc) is 2.36. The number of benzene rings is 1. The molecule has 0 unspecified atom stereocenters. The first-order valence-corrected chi connectivity index (χ1v) is 6.46. The lowest BCUT2D eigenvalue weighted by Gasteiger charge is -2.10. The number of halogens is 4. The molecule has 1 aromatic heterocycles. The molecular weight excluding hydrogens is 332 g/mol. The standard InChI is InChI=1S/C12H5Cl4NO2/c13-5-1-2-6(14)10(16)9(5)11-7(15)3-4-8(17-11)12(18)19/h1-4H,(H,18,19). The van der Waals surface area contributed by atoms with Crippen molar-refractivity contribution in [2.24, 2.45) is 0 Å². The monoisotopic (exact) mass is 335 g/mol. The SMILES string of the molecule is O=C(O)c1ccc(Cl)c(-c2c(Cl)ccc(Cl)c2Cl)n1. The lowest BCUT2D eigenvalue weighted by Crippen LogP contribution is -2.01. The van der Waals surface area contributed by atoms with Gasteiger partial charge in [0.2, 0.25) is 0 Å². The van der Waals surface area contributed by atoms with Gasteiger partial charge in [-0.1, -0.05) is 46.4 Å². The Morgan fingerprint density at radius 1 is 0.947 bits per heavy atom. The van der Waals surface area contributed by atoms with E-state index in [2.05, 4.69) is 4.98 Å². The summed E-state index contributed by atoms with van der Waals surface area (Å²) in [6, 6.07) is 5.78. The molecule has 0 atom stereocenters. The number of nitrogens with zero attached hydrogens (tertiary/aromatic N) is 1. The van der Waals surface area contributed by atoms with Crippen LogP contribution in [0.5, 0.6) is 0 Å². The summed E-state index contributed by atoms with van der Waals surface area (Å²) in [5, 5.41) is 9.91. The number of carboxylic acids is 1. The first kappa shape index (κ1) is 14.4. The van der Waals surface area contributed by atoms with Crippen molar-refractivity contribution in [2.45, 2.75) is 0 Å². The number of rotatable bonds is 2. The molecule has 19 heavy (non-hydrogen) atoms. The molecular formula is C12H5Cl4NO2. The second-order valence-electron chi connectivity index (χ2n) is 3.55. The van der Waals surface area contributed by atoms with Crippen molar-refractivity contribution in [3.8, 4) is 11.3 Å². The molecule has 0 saturated heterocycles. The molecule has 0 spiro atoms. The minimum Gasteiger partial charge on any atom is -0.477 e. The van der Waals surface area contributed by atoms with Gasteiger partial charge in [0.15, 0.2) is 0 Å². The fourth-order valence-electron chi connectivity index (χ4n) is 1.48. The average molecular weight is 337 g/mol. The van der Waals surface area contributed by atoms with Gasteiger partial charge in [-0.3, -0.25) is 0 Å². The van der Waals surface area contributed by atoms with Crippen molar-refractivity contribution in [2.75, 3.05) is 0 Å². The number of carboxylic acid groups (broad SMARTS) is 1. The van der Waals surface area contributed by atoms with Crippen molar-refractivity contribution < 1.29 is 9.90 Å². The zero-order valence-electron chi connectivity index (χ0n) is 9.12. The molecule has 0 aliphatic rings. The molecule has 2 rings (SSSR count). The Bertz CT molecular complexity index is 673. The molecule has 0 radical (unpaired) electrons. The predicted octanol–water partition coefficient (Wildman–Crippen LogP) is 5.06. The second-order valence-corrected chi connectivity index (χ2v) is 5.15. The van der Waals surface area contributed by atoms with Crippen LogP contribution in [-0.4, -0.2) is 16.1 Å². The number of aromatic carboxylic acids is 1. The predicted molar refractivity (Wildman–Crippen MR) is 76.7 cm³/mol. The van der Waals surface area contributed by atoms with E-state index in [1.807, 2.05) is 0 Å². The van der Waals surface area contributed by atoms with Gasteiger partial charge in [0.25, 0.3) is 0 Å². The third-order valence-corrected chi connectivity index (χ3v) is 3.77. The summed E-state index contributed by atoms with van der Waals surface area (Å²) < 4.78 is 0. The maximum absolute atomic E-state index is 10.9. The highest BCUT2D eigenvalue weighted by Gasteiger charge is 2.18. The Morgan fingerprint density at radius 3 is 2.16 bits per heavy atom. The van der Waals surface area contributed by atoms with Gasteiger partial charge < -0.3 is 5.11 Å². The molecule has 1 N–H and O–H groups in total. The lowest BCUT2D eigenvalue weighted by molar-refractivity contribution is 0.0690. The topological polar surface area (TPSA) is 50.2 Å². The van der Waals surface area contributed by atoms with Gasteiger partial charge in [-0.15, -0.1) is 0 Å². The smallest absolute Gasteiger partial charge is 0.354 e. The summed E-state index contributed by atoms with van der Waals surface area (Å²) in [4.78, 5) is 14.9. The van der Waals surface area contributed by atoms with E-state index in [-0.39, 0.29) is 31.5 Å². The van der Waals surface area contributed by atoms with E-state index in [0.717, 1.165) is 0 Å². The highest BCUT2D eigenvalue weighted by Crippen LogP contribution is 2.40. The largest absolute Gasteiger partial charge is 0.477 e. The molecule has 0 amide bonds. The van der Waals surface area contributed by atoms with Crippen LogP contribution in [0.25, 0.3) is 11.3 Å². The molecule has 2 aromatic rings. The third kappa shape index (κ3) is 2.79. The molecule has 0 aliphatic heterocycles. The van der Waals surface area contributed by atoms with Crippen LogP contribution in [0.3, 0.4) is 0 Å². The highest BCUT2D eigenvalue weighted by atomic mass is 35.5. The van der Waals surface area contributed by atoms with Crippen molar-refractivity contribution in [3.63, 3.8) is 0 Å². The first-order chi connectivity index (χ1) is 8.91. The van der Waals surface area contributed by atoms with Gasteiger partial charge in [0.05, 0.1) is 25.8 Å². The van der Waals surface area contributed by atoms with E-state index in [4.69, 9.17) is 51.5 Å². The molecule has 3 nitrogen and oxygen atoms in total. The van der Waals surface area contributed by atoms with Gasteiger partial charge >= 0.3 is 5.97 Å². The number of aromatic nitrogens is 1. The minimum atomic E-state index is -1.17. The van der Waals surface area contributed by atoms with Gasteiger partial charge in [-0.05, 0) is 24.3 Å². The Labute approximate surface area is 128 Å². The molecule has 1 aromatic carbocycles. The number of hydrogen-bond donors (Lipinski definition) is 1. The van der Waals surface area contributed by atoms with Gasteiger partial charge in [-0.25, -0.2) is 9.78 Å². The summed E-state index contributed by atoms with van der Waals surface area (Å²) in [6.45, 7) is 0. The van der Waals surface area contributed by atoms with E-state index in [1.165, 1.54) is 24.3 Å². The van der Waals surface area contributed by atoms with Gasteiger partial charge in [-0.2, -0.15) is 0 Å². The minimum absolute atomic E-state index is 0.161. The lowest BCUT2D eigenvalue weighted by atomic mass is 10.1. The van der Waals surface area contributed by atoms with Crippen LogP contribution in [0, 0.1) is 0 Å². The molecule has 0 aliphatic carbocycles. The van der Waals surface area contributed by atoms with Crippen LogP contribution in [-0.2, 0) is 0 Å². The van der Waals surface area contributed by atoms with Crippen LogP contribution >= 0.6 is 46.4 Å². The Balaban J connectivity index is 2.75. The van der Waals surface area contributed by atoms with E-state index in [1.54, 1.807) is 0 Å². The summed E-state index contributed by atoms with van der Waals surface area (Å²) in [6.07, 6.45) is 0. The zero-order valence-corrected chi connectivity index (χ0v) is 12.1. The van der Waals surface area contributed by atoms with Crippen LogP contribution in [0.1, 0.15) is 10.5 Å². The first-order valence-electron chi connectivity index (χ1n) is 4.95. The Hall–Kier alpha value is -1.000. The van der Waals surface area contributed by atoms with Crippen LogP contribution in [0.15, 0.2) is 24.3 Å². The van der Waals surface area contributed by atoms with E-state index < -0.39 is 5.97 Å². The maximum Gasteiger partial charge on any atom is 0.354 e. The molecule has 7 heteroatoms. The highest BCUT2D eigenvalue weighted by molar-refractivity contribution is 6.46. The van der Waals surface area contributed by atoms with Crippen molar-refractivity contribution in [1.29, 1.82) is 0 Å². The van der Waals surface area contributed by atoms with Gasteiger partial charge in [0, 0.05) is 5.56 Å². The molecule has 0 bridgehead atoms. The Morgan fingerprint density at radius 2 is 1.53 bits per heavy atom. The third-order valence-electron chi connectivity index (χ3n) is 2.35. The van der Waals surface area contributed by atoms with Crippen molar-refractivity contribution in [1.82, 2.24) is 4.98 Å². The molecule has 1 heterocycles. The number of carbonyl (C=O) groups is 1. The number of pyridine rings is 1. The van der Waals surface area contributed by atoms with Gasteiger partial charge in [0.1, 0.15) is 5.69 Å². The number of hydrogen-bond acceptors (Lipinski definition) is 2. The van der Waals surface area contributed by atoms with E-state index in [0.29, 0.717) is 5.56 Å². The fourth-order valence-corrected chi connectivity index (χ4v) is 2.39. The summed E-state index contributed by atoms with van der Waals surface area (Å²) in [5.41, 5.74) is 0.328. The van der Waals surface area contributed by atoms with E-state index in [9.17, 15) is 4.79 Å². The summed E-state index contributed by atoms with van der Waals surface area (Å²) >= 11 is 24.1. The molecule has 0 saturated carbocycles. The normalized spacial score (nSPS) is 10.5. The van der Waals surface area contributed by atoms with E-state index >= 15 is 0 Å². The molecule has 0 fully saturated rings. The summed E-state index contributed by atoms with van der Waals surface area (Å²) in [5.74, 6) is -1.17. The fraction of sp³-hybridized carbons (Fsp3) is 0. The van der Waals surface area contributed by atoms with Crippen LogP contribution in [0.2, 0.25) is 20.1 Å².